The third-order valence-electron chi connectivity index (χ3n) is 5.37. The van der Waals surface area contributed by atoms with E-state index < -0.39 is 23.8 Å². The summed E-state index contributed by atoms with van der Waals surface area (Å²) >= 11 is 0. The molecule has 29 heavy (non-hydrogen) atoms. The molecular weight excluding hydrogens is 366 g/mol. The Bertz CT molecular complexity index is 922. The van der Waals surface area contributed by atoms with E-state index in [-0.39, 0.29) is 6.54 Å². The number of urea groups is 1. The highest BCUT2D eigenvalue weighted by Crippen LogP contribution is 2.31. The number of aryl methyl sites for hydroxylation is 2. The first-order chi connectivity index (χ1) is 13.9. The van der Waals surface area contributed by atoms with E-state index in [1.165, 1.54) is 4.90 Å². The highest BCUT2D eigenvalue weighted by atomic mass is 16.2. The van der Waals surface area contributed by atoms with Gasteiger partial charge in [0.05, 0.1) is 11.4 Å². The summed E-state index contributed by atoms with van der Waals surface area (Å²) in [6.45, 7) is 9.47. The number of hydrogen-bond acceptors (Lipinski definition) is 4. The summed E-state index contributed by atoms with van der Waals surface area (Å²) < 4.78 is 0. The van der Waals surface area contributed by atoms with Crippen LogP contribution >= 0.6 is 0 Å². The van der Waals surface area contributed by atoms with Gasteiger partial charge < -0.3 is 4.90 Å². The van der Waals surface area contributed by atoms with Crippen molar-refractivity contribution >= 4 is 29.2 Å². The minimum absolute atomic E-state index is 0.280. The molecule has 1 fully saturated rings. The van der Waals surface area contributed by atoms with E-state index in [1.807, 2.05) is 56.9 Å². The third kappa shape index (κ3) is 3.93. The van der Waals surface area contributed by atoms with Crippen LogP contribution in [0.25, 0.3) is 0 Å². The van der Waals surface area contributed by atoms with Crippen LogP contribution in [0.1, 0.15) is 25.0 Å². The predicted octanol–water partition coefficient (Wildman–Crippen LogP) is 3.76. The molecule has 0 aromatic heterocycles. The first-order valence-electron chi connectivity index (χ1n) is 9.95. The number of imide groups is 2. The first kappa shape index (κ1) is 20.7. The third-order valence-corrected chi connectivity index (χ3v) is 5.37. The zero-order chi connectivity index (χ0) is 21.1. The van der Waals surface area contributed by atoms with Gasteiger partial charge in [0.25, 0.3) is 0 Å². The second-order valence-corrected chi connectivity index (χ2v) is 7.29. The van der Waals surface area contributed by atoms with Gasteiger partial charge in [-0.25, -0.2) is 14.6 Å². The number of barbiturate groups is 1. The molecular formula is C23H27N3O3. The Labute approximate surface area is 171 Å². The Morgan fingerprint density at radius 3 is 2.10 bits per heavy atom. The van der Waals surface area contributed by atoms with Crippen LogP contribution < -0.4 is 9.80 Å². The number of nitrogens with zero attached hydrogens (tertiary/aromatic N) is 3. The molecule has 2 aromatic rings. The molecule has 0 spiro atoms. The number of hydrogen-bond donors (Lipinski definition) is 0. The number of anilines is 2. The van der Waals surface area contributed by atoms with Gasteiger partial charge in [-0.05, 0) is 56.3 Å². The lowest BCUT2D eigenvalue weighted by molar-refractivity contribution is -0.133. The topological polar surface area (TPSA) is 60.9 Å². The Morgan fingerprint density at radius 2 is 1.48 bits per heavy atom. The summed E-state index contributed by atoms with van der Waals surface area (Å²) in [6, 6.07) is 13.8. The fraction of sp³-hybridized carbons (Fsp3) is 0.348. The smallest absolute Gasteiger partial charge is 0.303 e. The molecule has 0 saturated carbocycles. The molecule has 1 unspecified atom stereocenters. The molecule has 2 aromatic carbocycles. The normalized spacial score (nSPS) is 17.4. The maximum atomic E-state index is 13.4. The van der Waals surface area contributed by atoms with Crippen LogP contribution in [0.15, 0.2) is 48.5 Å². The molecule has 0 bridgehead atoms. The number of para-hydroxylation sites is 1. The Kier molecular flexibility index (Phi) is 6.13. The maximum Gasteiger partial charge on any atom is 0.342 e. The van der Waals surface area contributed by atoms with Gasteiger partial charge in [-0.2, -0.15) is 0 Å². The van der Waals surface area contributed by atoms with Crippen LogP contribution in [-0.4, -0.2) is 42.4 Å². The lowest BCUT2D eigenvalue weighted by atomic mass is 9.99. The standard InChI is InChI=1S/C23H27N3O3/c1-5-24(6-2)15-19-21(27)25(18-10-8-7-9-11-18)23(29)26(22(19)28)20-14-16(3)12-13-17(20)4/h7-14,19H,5-6,15H2,1-4H3. The number of amides is 4. The van der Waals surface area contributed by atoms with Crippen LogP contribution in [0.3, 0.4) is 0 Å². The molecule has 1 aliphatic rings. The quantitative estimate of drug-likeness (QED) is 0.701. The number of carbonyl (C=O) groups is 3. The van der Waals surface area contributed by atoms with Crippen molar-refractivity contribution < 1.29 is 14.4 Å². The number of rotatable bonds is 6. The molecule has 4 amide bonds. The minimum Gasteiger partial charge on any atom is -0.303 e. The fourth-order valence-electron chi connectivity index (χ4n) is 3.60. The average Bonchev–Trinajstić information content (AvgIpc) is 2.71. The van der Waals surface area contributed by atoms with E-state index >= 15 is 0 Å². The first-order valence-corrected chi connectivity index (χ1v) is 9.95. The molecule has 0 radical (unpaired) electrons. The van der Waals surface area contributed by atoms with Crippen molar-refractivity contribution in [3.63, 3.8) is 0 Å². The van der Waals surface area contributed by atoms with Gasteiger partial charge in [0, 0.05) is 6.54 Å². The van der Waals surface area contributed by atoms with Gasteiger partial charge in [0.1, 0.15) is 5.92 Å². The lowest BCUT2D eigenvalue weighted by Gasteiger charge is -2.38. The molecule has 1 atom stereocenters. The van der Waals surface area contributed by atoms with E-state index in [9.17, 15) is 14.4 Å². The van der Waals surface area contributed by atoms with Gasteiger partial charge >= 0.3 is 6.03 Å². The zero-order valence-electron chi connectivity index (χ0n) is 17.4. The van der Waals surface area contributed by atoms with Crippen molar-refractivity contribution in [1.82, 2.24) is 4.90 Å². The van der Waals surface area contributed by atoms with Gasteiger partial charge in [-0.15, -0.1) is 0 Å². The highest BCUT2D eigenvalue weighted by Gasteiger charge is 2.47. The van der Waals surface area contributed by atoms with Gasteiger partial charge in [0.15, 0.2) is 0 Å². The van der Waals surface area contributed by atoms with Crippen molar-refractivity contribution in [2.45, 2.75) is 27.7 Å². The summed E-state index contributed by atoms with van der Waals surface area (Å²) in [4.78, 5) is 44.4. The second kappa shape index (κ2) is 8.57. The zero-order valence-corrected chi connectivity index (χ0v) is 17.4. The van der Waals surface area contributed by atoms with Crippen molar-refractivity contribution in [3.05, 3.63) is 59.7 Å². The molecule has 0 aliphatic carbocycles. The van der Waals surface area contributed by atoms with Crippen molar-refractivity contribution in [2.24, 2.45) is 5.92 Å². The number of carbonyl (C=O) groups excluding carboxylic acids is 3. The second-order valence-electron chi connectivity index (χ2n) is 7.29. The monoisotopic (exact) mass is 393 g/mol. The Balaban J connectivity index is 2.12. The van der Waals surface area contributed by atoms with E-state index in [0.717, 1.165) is 29.1 Å². The molecule has 0 N–H and O–H groups in total. The summed E-state index contributed by atoms with van der Waals surface area (Å²) in [6.07, 6.45) is 0. The number of benzene rings is 2. The SMILES string of the molecule is CCN(CC)CC1C(=O)N(c2ccccc2)C(=O)N(c2cc(C)ccc2C)C1=O. The molecule has 1 aliphatic heterocycles. The van der Waals surface area contributed by atoms with E-state index in [2.05, 4.69) is 0 Å². The Morgan fingerprint density at radius 1 is 0.862 bits per heavy atom. The van der Waals surface area contributed by atoms with Gasteiger partial charge in [0.2, 0.25) is 11.8 Å². The Hall–Kier alpha value is -2.99. The minimum atomic E-state index is -0.937. The van der Waals surface area contributed by atoms with Crippen molar-refractivity contribution in [3.8, 4) is 0 Å². The largest absolute Gasteiger partial charge is 0.342 e. The van der Waals surface area contributed by atoms with E-state index in [4.69, 9.17) is 0 Å². The van der Waals surface area contributed by atoms with Crippen LogP contribution in [0, 0.1) is 19.8 Å². The molecule has 3 rings (SSSR count). The molecule has 6 heteroatoms. The van der Waals surface area contributed by atoms with Crippen LogP contribution in [0.4, 0.5) is 16.2 Å². The van der Waals surface area contributed by atoms with Gasteiger partial charge in [-0.1, -0.05) is 44.2 Å². The van der Waals surface area contributed by atoms with Crippen LogP contribution in [0.2, 0.25) is 0 Å². The van der Waals surface area contributed by atoms with Crippen LogP contribution in [-0.2, 0) is 9.59 Å². The summed E-state index contributed by atoms with van der Waals surface area (Å²) in [5.41, 5.74) is 2.74. The molecule has 6 nitrogen and oxygen atoms in total. The summed E-state index contributed by atoms with van der Waals surface area (Å²) in [5, 5.41) is 0. The van der Waals surface area contributed by atoms with Gasteiger partial charge in [-0.3, -0.25) is 9.59 Å². The summed E-state index contributed by atoms with van der Waals surface area (Å²) in [5.74, 6) is -1.87. The van der Waals surface area contributed by atoms with E-state index in [0.29, 0.717) is 11.4 Å². The molecule has 152 valence electrons. The molecule has 1 saturated heterocycles. The van der Waals surface area contributed by atoms with Crippen molar-refractivity contribution in [2.75, 3.05) is 29.4 Å². The highest BCUT2D eigenvalue weighted by molar-refractivity contribution is 6.36. The molecule has 1 heterocycles. The van der Waals surface area contributed by atoms with Crippen LogP contribution in [0.5, 0.6) is 0 Å². The fourth-order valence-corrected chi connectivity index (χ4v) is 3.60. The maximum absolute atomic E-state index is 13.4. The van der Waals surface area contributed by atoms with Crippen molar-refractivity contribution in [1.29, 1.82) is 0 Å². The summed E-state index contributed by atoms with van der Waals surface area (Å²) in [7, 11) is 0. The predicted molar refractivity (Wildman–Crippen MR) is 114 cm³/mol. The average molecular weight is 393 g/mol. The lowest BCUT2D eigenvalue weighted by Crippen LogP contribution is -2.62. The van der Waals surface area contributed by atoms with E-state index in [1.54, 1.807) is 24.3 Å².